The molecule has 0 spiro atoms. The van der Waals surface area contributed by atoms with E-state index in [0.29, 0.717) is 19.3 Å². The second kappa shape index (κ2) is 8.48. The Balaban J connectivity index is 3.76. The van der Waals surface area contributed by atoms with Gasteiger partial charge in [0.2, 0.25) is 0 Å². The van der Waals surface area contributed by atoms with Crippen LogP contribution in [0.1, 0.15) is 66.2 Å². The van der Waals surface area contributed by atoms with Gasteiger partial charge >= 0.3 is 5.97 Å². The van der Waals surface area contributed by atoms with Crippen molar-refractivity contribution in [3.05, 3.63) is 0 Å². The molecule has 0 aliphatic carbocycles. The fraction of sp³-hybridized carbons (Fsp3) is 0.929. The molecule has 4 nitrogen and oxygen atoms in total. The van der Waals surface area contributed by atoms with E-state index in [4.69, 9.17) is 4.74 Å². The zero-order valence-electron chi connectivity index (χ0n) is 12.1. The Bertz CT molecular complexity index is 232. The molecule has 0 aromatic heterocycles. The van der Waals surface area contributed by atoms with E-state index in [1.807, 2.05) is 0 Å². The van der Waals surface area contributed by atoms with Crippen molar-refractivity contribution < 1.29 is 19.7 Å². The number of hydrogen-bond acceptors (Lipinski definition) is 4. The maximum Gasteiger partial charge on any atom is 0.335 e. The molecule has 0 bridgehead atoms. The minimum Gasteiger partial charge on any atom is -0.458 e. The highest BCUT2D eigenvalue weighted by molar-refractivity contribution is 5.74. The highest BCUT2D eigenvalue weighted by Crippen LogP contribution is 2.13. The van der Waals surface area contributed by atoms with Gasteiger partial charge in [0, 0.05) is 0 Å². The molecule has 0 fully saturated rings. The monoisotopic (exact) mass is 260 g/mol. The number of ether oxygens (including phenoxy) is 1. The maximum atomic E-state index is 11.5. The topological polar surface area (TPSA) is 66.8 Å². The number of carbonyl (C=O) groups is 1. The molecule has 2 N–H and O–H groups in total. The standard InChI is InChI=1S/C14H28O4/c1-5-6-8-11(15)9-7-10-12(16)13(17)18-14(2,3)4/h11-12,15-16H,5-10H2,1-4H3/t11-,12-/m1/s1. The lowest BCUT2D eigenvalue weighted by atomic mass is 10.0. The number of aliphatic hydroxyl groups excluding tert-OH is 2. The van der Waals surface area contributed by atoms with Gasteiger partial charge in [-0.1, -0.05) is 19.8 Å². The van der Waals surface area contributed by atoms with Crippen LogP contribution in [0, 0.1) is 0 Å². The molecule has 2 atom stereocenters. The van der Waals surface area contributed by atoms with E-state index in [0.717, 1.165) is 19.3 Å². The van der Waals surface area contributed by atoms with Gasteiger partial charge in [-0.2, -0.15) is 0 Å². The fourth-order valence-electron chi connectivity index (χ4n) is 1.62. The van der Waals surface area contributed by atoms with Gasteiger partial charge in [0.1, 0.15) is 5.60 Å². The molecule has 0 heterocycles. The minimum atomic E-state index is -1.08. The largest absolute Gasteiger partial charge is 0.458 e. The van der Waals surface area contributed by atoms with E-state index < -0.39 is 17.7 Å². The van der Waals surface area contributed by atoms with Gasteiger partial charge in [0.25, 0.3) is 0 Å². The van der Waals surface area contributed by atoms with Crippen LogP contribution in [-0.4, -0.2) is 34.0 Å². The number of esters is 1. The predicted octanol–water partition coefficient (Wildman–Crippen LogP) is 2.41. The normalized spacial score (nSPS) is 15.2. The summed E-state index contributed by atoms with van der Waals surface area (Å²) in [4.78, 5) is 11.5. The van der Waals surface area contributed by atoms with Gasteiger partial charge in [-0.3, -0.25) is 0 Å². The van der Waals surface area contributed by atoms with Gasteiger partial charge in [-0.15, -0.1) is 0 Å². The molecule has 0 saturated carbocycles. The fourth-order valence-corrected chi connectivity index (χ4v) is 1.62. The zero-order valence-corrected chi connectivity index (χ0v) is 12.1. The summed E-state index contributed by atoms with van der Waals surface area (Å²) in [5, 5.41) is 19.2. The SMILES string of the molecule is CCCC[C@@H](O)CCC[C@@H](O)C(=O)OC(C)(C)C. The average molecular weight is 260 g/mol. The van der Waals surface area contributed by atoms with Crippen molar-refractivity contribution >= 4 is 5.97 Å². The highest BCUT2D eigenvalue weighted by atomic mass is 16.6. The molecule has 0 aliphatic rings. The molecule has 0 saturated heterocycles. The van der Waals surface area contributed by atoms with Crippen LogP contribution in [0.2, 0.25) is 0 Å². The van der Waals surface area contributed by atoms with Crippen molar-refractivity contribution in [3.63, 3.8) is 0 Å². The Labute approximate surface area is 110 Å². The van der Waals surface area contributed by atoms with Crippen LogP contribution in [-0.2, 0) is 9.53 Å². The van der Waals surface area contributed by atoms with E-state index in [-0.39, 0.29) is 6.10 Å². The smallest absolute Gasteiger partial charge is 0.335 e. The molecular formula is C14H28O4. The minimum absolute atomic E-state index is 0.323. The highest BCUT2D eigenvalue weighted by Gasteiger charge is 2.22. The predicted molar refractivity (Wildman–Crippen MR) is 71.2 cm³/mol. The molecule has 0 amide bonds. The van der Waals surface area contributed by atoms with Crippen molar-refractivity contribution in [2.45, 2.75) is 84.0 Å². The molecule has 0 radical (unpaired) electrons. The Morgan fingerprint density at radius 2 is 1.67 bits per heavy atom. The summed E-state index contributed by atoms with van der Waals surface area (Å²) in [5.74, 6) is -0.578. The number of carbonyl (C=O) groups excluding carboxylic acids is 1. The van der Waals surface area contributed by atoms with Gasteiger partial charge in [0.15, 0.2) is 6.10 Å². The molecule has 0 aliphatic heterocycles. The van der Waals surface area contributed by atoms with Crippen molar-refractivity contribution in [1.29, 1.82) is 0 Å². The van der Waals surface area contributed by atoms with E-state index in [1.54, 1.807) is 20.8 Å². The maximum absolute atomic E-state index is 11.5. The summed E-state index contributed by atoms with van der Waals surface area (Å²) in [5.41, 5.74) is -0.571. The summed E-state index contributed by atoms with van der Waals surface area (Å²) in [6.45, 7) is 7.39. The van der Waals surface area contributed by atoms with Crippen molar-refractivity contribution in [2.24, 2.45) is 0 Å². The van der Waals surface area contributed by atoms with Gasteiger partial charge < -0.3 is 14.9 Å². The van der Waals surface area contributed by atoms with Crippen LogP contribution in [0.5, 0.6) is 0 Å². The molecule has 4 heteroatoms. The Morgan fingerprint density at radius 1 is 1.11 bits per heavy atom. The second-order valence-electron chi connectivity index (χ2n) is 5.78. The first-order chi connectivity index (χ1) is 8.26. The molecule has 0 aromatic carbocycles. The Morgan fingerprint density at radius 3 is 2.17 bits per heavy atom. The lowest BCUT2D eigenvalue weighted by Crippen LogP contribution is -2.31. The summed E-state index contributed by atoms with van der Waals surface area (Å²) >= 11 is 0. The first kappa shape index (κ1) is 17.4. The lowest BCUT2D eigenvalue weighted by molar-refractivity contribution is -0.165. The summed E-state index contributed by atoms with van der Waals surface area (Å²) in [6.07, 6.45) is 3.06. The van der Waals surface area contributed by atoms with Crippen LogP contribution >= 0.6 is 0 Å². The number of rotatable bonds is 8. The van der Waals surface area contributed by atoms with E-state index in [9.17, 15) is 15.0 Å². The summed E-state index contributed by atoms with van der Waals surface area (Å²) in [6, 6.07) is 0. The number of hydrogen-bond donors (Lipinski definition) is 2. The third kappa shape index (κ3) is 9.42. The molecule has 0 aromatic rings. The van der Waals surface area contributed by atoms with Gasteiger partial charge in [-0.05, 0) is 46.5 Å². The van der Waals surface area contributed by atoms with Crippen molar-refractivity contribution in [1.82, 2.24) is 0 Å². The molecular weight excluding hydrogens is 232 g/mol. The Hall–Kier alpha value is -0.610. The first-order valence-corrected chi connectivity index (χ1v) is 6.85. The quantitative estimate of drug-likeness (QED) is 0.658. The summed E-state index contributed by atoms with van der Waals surface area (Å²) < 4.78 is 5.07. The molecule has 108 valence electrons. The van der Waals surface area contributed by atoms with Crippen LogP contribution in [0.25, 0.3) is 0 Å². The molecule has 0 unspecified atom stereocenters. The van der Waals surface area contributed by atoms with Crippen molar-refractivity contribution in [3.8, 4) is 0 Å². The first-order valence-electron chi connectivity index (χ1n) is 6.85. The molecule has 18 heavy (non-hydrogen) atoms. The lowest BCUT2D eigenvalue weighted by Gasteiger charge is -2.21. The second-order valence-corrected chi connectivity index (χ2v) is 5.78. The third-order valence-electron chi connectivity index (χ3n) is 2.58. The zero-order chi connectivity index (χ0) is 14.2. The van der Waals surface area contributed by atoms with E-state index >= 15 is 0 Å². The Kier molecular flexibility index (Phi) is 8.20. The van der Waals surface area contributed by atoms with Crippen LogP contribution in [0.4, 0.5) is 0 Å². The van der Waals surface area contributed by atoms with Crippen molar-refractivity contribution in [2.75, 3.05) is 0 Å². The average Bonchev–Trinajstić information content (AvgIpc) is 2.23. The molecule has 0 rings (SSSR count). The van der Waals surface area contributed by atoms with Gasteiger partial charge in [0.05, 0.1) is 6.10 Å². The van der Waals surface area contributed by atoms with Crippen LogP contribution in [0.15, 0.2) is 0 Å². The van der Waals surface area contributed by atoms with Gasteiger partial charge in [-0.25, -0.2) is 4.79 Å². The number of unbranched alkanes of at least 4 members (excludes halogenated alkanes) is 1. The summed E-state index contributed by atoms with van der Waals surface area (Å²) in [7, 11) is 0. The van der Waals surface area contributed by atoms with Crippen LogP contribution in [0.3, 0.4) is 0 Å². The van der Waals surface area contributed by atoms with Crippen LogP contribution < -0.4 is 0 Å². The number of aliphatic hydroxyl groups is 2. The van der Waals surface area contributed by atoms with E-state index in [2.05, 4.69) is 6.92 Å². The third-order valence-corrected chi connectivity index (χ3v) is 2.58. The van der Waals surface area contributed by atoms with E-state index in [1.165, 1.54) is 0 Å².